The Balaban J connectivity index is 0.000000384. The Morgan fingerprint density at radius 3 is 1.37 bits per heavy atom. The van der Waals surface area contributed by atoms with Crippen LogP contribution < -0.4 is 0 Å². The smallest absolute Gasteiger partial charge is 0.335 e. The summed E-state index contributed by atoms with van der Waals surface area (Å²) in [6, 6.07) is 12.0. The minimum Gasteiger partial charge on any atom is -0.478 e. The molecule has 148 valence electrons. The van der Waals surface area contributed by atoms with Crippen molar-refractivity contribution in [3.05, 3.63) is 69.7 Å². The average molecular weight is 417 g/mol. The van der Waals surface area contributed by atoms with Gasteiger partial charge >= 0.3 is 11.9 Å². The van der Waals surface area contributed by atoms with E-state index in [0.29, 0.717) is 16.5 Å². The fourth-order valence-corrected chi connectivity index (χ4v) is 1.79. The molecule has 0 aromatic heterocycles. The molecule has 0 saturated heterocycles. The van der Waals surface area contributed by atoms with Gasteiger partial charge in [0.05, 0.1) is 17.2 Å². The molecular formula is C19H22Cl2O6. The van der Waals surface area contributed by atoms with Gasteiger partial charge in [0.1, 0.15) is 0 Å². The normalized spacial score (nSPS) is 10.6. The van der Waals surface area contributed by atoms with E-state index in [0.717, 1.165) is 6.42 Å². The summed E-state index contributed by atoms with van der Waals surface area (Å²) in [5.41, 5.74) is 0.508. The molecule has 0 radical (unpaired) electrons. The molecule has 0 spiro atoms. The van der Waals surface area contributed by atoms with E-state index in [1.165, 1.54) is 24.3 Å². The molecule has 1 atom stereocenters. The molecule has 2 aromatic rings. The molecule has 0 saturated carbocycles. The van der Waals surface area contributed by atoms with Crippen LogP contribution in [-0.2, 0) is 0 Å². The van der Waals surface area contributed by atoms with Crippen LogP contribution in [0.3, 0.4) is 0 Å². The SMILES string of the molecule is CCC(O)CCO.O=C(O)c1ccc(Cl)cc1.O=C(O)c1ccc(Cl)cc1. The summed E-state index contributed by atoms with van der Waals surface area (Å²) >= 11 is 11.0. The quantitative estimate of drug-likeness (QED) is 0.579. The molecule has 8 heteroatoms. The van der Waals surface area contributed by atoms with Crippen LogP contribution in [0.15, 0.2) is 48.5 Å². The van der Waals surface area contributed by atoms with E-state index in [2.05, 4.69) is 0 Å². The zero-order valence-electron chi connectivity index (χ0n) is 14.7. The van der Waals surface area contributed by atoms with E-state index in [-0.39, 0.29) is 23.8 Å². The molecule has 1 unspecified atom stereocenters. The van der Waals surface area contributed by atoms with Crippen molar-refractivity contribution in [3.63, 3.8) is 0 Å². The van der Waals surface area contributed by atoms with E-state index in [4.69, 9.17) is 43.6 Å². The zero-order valence-corrected chi connectivity index (χ0v) is 16.2. The number of carboxylic acid groups (broad SMARTS) is 2. The van der Waals surface area contributed by atoms with Crippen molar-refractivity contribution in [2.24, 2.45) is 0 Å². The summed E-state index contributed by atoms with van der Waals surface area (Å²) in [4.78, 5) is 20.5. The average Bonchev–Trinajstić information content (AvgIpc) is 2.63. The van der Waals surface area contributed by atoms with Crippen LogP contribution >= 0.6 is 23.2 Å². The number of carbonyl (C=O) groups is 2. The summed E-state index contributed by atoms with van der Waals surface area (Å²) in [6.45, 7) is 1.98. The Kier molecular flexibility index (Phi) is 12.9. The third kappa shape index (κ3) is 12.0. The lowest BCUT2D eigenvalue weighted by atomic mass is 10.2. The van der Waals surface area contributed by atoms with Crippen molar-refractivity contribution < 1.29 is 30.0 Å². The molecule has 0 fully saturated rings. The minimum atomic E-state index is -0.934. The highest BCUT2D eigenvalue weighted by molar-refractivity contribution is 6.30. The molecule has 0 heterocycles. The monoisotopic (exact) mass is 416 g/mol. The number of hydrogen-bond donors (Lipinski definition) is 4. The second-order valence-electron chi connectivity index (χ2n) is 5.20. The lowest BCUT2D eigenvalue weighted by molar-refractivity contribution is 0.0686. The molecule has 0 bridgehead atoms. The molecule has 4 N–H and O–H groups in total. The molecule has 6 nitrogen and oxygen atoms in total. The predicted octanol–water partition coefficient (Wildman–Crippen LogP) is 4.22. The predicted molar refractivity (Wildman–Crippen MR) is 105 cm³/mol. The van der Waals surface area contributed by atoms with Crippen LogP contribution in [0.5, 0.6) is 0 Å². The fraction of sp³-hybridized carbons (Fsp3) is 0.263. The lowest BCUT2D eigenvalue weighted by Gasteiger charge is -2.01. The fourth-order valence-electron chi connectivity index (χ4n) is 1.54. The van der Waals surface area contributed by atoms with Gasteiger partial charge in [-0.25, -0.2) is 9.59 Å². The topological polar surface area (TPSA) is 115 Å². The molecule has 0 aliphatic carbocycles. The van der Waals surface area contributed by atoms with Crippen LogP contribution in [0.2, 0.25) is 10.0 Å². The van der Waals surface area contributed by atoms with Crippen LogP contribution in [0.25, 0.3) is 0 Å². The Morgan fingerprint density at radius 2 is 1.19 bits per heavy atom. The van der Waals surface area contributed by atoms with Gasteiger partial charge in [-0.2, -0.15) is 0 Å². The third-order valence-electron chi connectivity index (χ3n) is 3.12. The standard InChI is InChI=1S/2C7H5ClO2.C5H12O2/c2*8-6-3-1-5(2-4-6)7(9)10;1-2-5(7)3-4-6/h2*1-4H,(H,9,10);5-7H,2-4H2,1H3. The highest BCUT2D eigenvalue weighted by Crippen LogP contribution is 2.09. The maximum absolute atomic E-state index is 10.3. The molecule has 2 rings (SSSR count). The molecule has 0 amide bonds. The Bertz CT molecular complexity index is 631. The van der Waals surface area contributed by atoms with E-state index in [1.807, 2.05) is 6.92 Å². The number of rotatable bonds is 5. The molecule has 2 aromatic carbocycles. The van der Waals surface area contributed by atoms with Gasteiger partial charge in [-0.15, -0.1) is 0 Å². The summed E-state index contributed by atoms with van der Waals surface area (Å²) in [5.74, 6) is -1.87. The van der Waals surface area contributed by atoms with Crippen molar-refractivity contribution in [2.45, 2.75) is 25.9 Å². The summed E-state index contributed by atoms with van der Waals surface area (Å²) in [7, 11) is 0. The van der Waals surface area contributed by atoms with Crippen LogP contribution in [0.4, 0.5) is 0 Å². The number of hydrogen-bond acceptors (Lipinski definition) is 4. The van der Waals surface area contributed by atoms with E-state index < -0.39 is 11.9 Å². The molecule has 27 heavy (non-hydrogen) atoms. The first-order valence-corrected chi connectivity index (χ1v) is 8.73. The van der Waals surface area contributed by atoms with Crippen molar-refractivity contribution in [3.8, 4) is 0 Å². The highest BCUT2D eigenvalue weighted by atomic mass is 35.5. The number of aliphatic hydroxyl groups is 2. The molecular weight excluding hydrogens is 395 g/mol. The van der Waals surface area contributed by atoms with Gasteiger partial charge in [0.2, 0.25) is 0 Å². The third-order valence-corrected chi connectivity index (χ3v) is 3.62. The number of halogens is 2. The van der Waals surface area contributed by atoms with Gasteiger partial charge in [0.25, 0.3) is 0 Å². The second kappa shape index (κ2) is 14.0. The van der Waals surface area contributed by atoms with E-state index >= 15 is 0 Å². The number of aliphatic hydroxyl groups excluding tert-OH is 2. The zero-order chi connectivity index (χ0) is 20.8. The molecule has 0 aliphatic heterocycles. The van der Waals surface area contributed by atoms with Crippen molar-refractivity contribution in [1.29, 1.82) is 0 Å². The van der Waals surface area contributed by atoms with E-state index in [9.17, 15) is 9.59 Å². The maximum atomic E-state index is 10.3. The second-order valence-corrected chi connectivity index (χ2v) is 6.07. The van der Waals surface area contributed by atoms with Crippen molar-refractivity contribution in [1.82, 2.24) is 0 Å². The van der Waals surface area contributed by atoms with Crippen molar-refractivity contribution in [2.75, 3.05) is 6.61 Å². The summed E-state index contributed by atoms with van der Waals surface area (Å²) in [5, 5.41) is 34.9. The van der Waals surface area contributed by atoms with Crippen molar-refractivity contribution >= 4 is 35.1 Å². The summed E-state index contributed by atoms with van der Waals surface area (Å²) in [6.07, 6.45) is 0.946. The van der Waals surface area contributed by atoms with Gasteiger partial charge in [0, 0.05) is 16.7 Å². The Hall–Kier alpha value is -2.12. The first-order chi connectivity index (χ1) is 12.7. The minimum absolute atomic E-state index is 0.0923. The van der Waals surface area contributed by atoms with Gasteiger partial charge in [-0.1, -0.05) is 30.1 Å². The maximum Gasteiger partial charge on any atom is 0.335 e. The van der Waals surface area contributed by atoms with Crippen LogP contribution in [0, 0.1) is 0 Å². The lowest BCUT2D eigenvalue weighted by Crippen LogP contribution is -2.05. The van der Waals surface area contributed by atoms with Crippen LogP contribution in [-0.4, -0.2) is 45.1 Å². The van der Waals surface area contributed by atoms with Crippen LogP contribution in [0.1, 0.15) is 40.5 Å². The van der Waals surface area contributed by atoms with E-state index in [1.54, 1.807) is 24.3 Å². The van der Waals surface area contributed by atoms with Gasteiger partial charge in [0.15, 0.2) is 0 Å². The van der Waals surface area contributed by atoms with Gasteiger partial charge < -0.3 is 20.4 Å². The first kappa shape index (κ1) is 24.9. The van der Waals surface area contributed by atoms with Gasteiger partial charge in [-0.3, -0.25) is 0 Å². The number of aromatic carboxylic acids is 2. The number of carboxylic acids is 2. The largest absolute Gasteiger partial charge is 0.478 e. The first-order valence-electron chi connectivity index (χ1n) is 7.97. The number of benzene rings is 2. The Morgan fingerprint density at radius 1 is 0.852 bits per heavy atom. The summed E-state index contributed by atoms with van der Waals surface area (Å²) < 4.78 is 0. The van der Waals surface area contributed by atoms with Gasteiger partial charge in [-0.05, 0) is 61.4 Å². The Labute approximate surface area is 167 Å². The molecule has 0 aliphatic rings. The highest BCUT2D eigenvalue weighted by Gasteiger charge is 2.00.